The molecule has 0 N–H and O–H groups in total. The Hall–Kier alpha value is -2.47. The SMILES string of the molecule is Cc1nc(N2CCN(Cc3ccccc3C3CC3)CC2)c2cnn(C)c2n1. The summed E-state index contributed by atoms with van der Waals surface area (Å²) in [7, 11) is 1.94. The van der Waals surface area contributed by atoms with E-state index in [0.29, 0.717) is 0 Å². The second-order valence-corrected chi connectivity index (χ2v) is 7.84. The number of aryl methyl sites for hydroxylation is 2. The molecule has 2 aromatic heterocycles. The monoisotopic (exact) mass is 362 g/mol. The van der Waals surface area contributed by atoms with Crippen molar-refractivity contribution in [1.82, 2.24) is 24.6 Å². The van der Waals surface area contributed by atoms with Gasteiger partial charge in [0, 0.05) is 39.8 Å². The standard InChI is InChI=1S/C21H26N6/c1-15-23-20-19(13-22-25(20)2)21(24-15)27-11-9-26(10-12-27)14-17-5-3-4-6-18(17)16-7-8-16/h3-6,13,16H,7-12,14H2,1-2H3. The molecule has 6 heteroatoms. The molecule has 2 aliphatic rings. The van der Waals surface area contributed by atoms with Crippen molar-refractivity contribution >= 4 is 16.9 Å². The highest BCUT2D eigenvalue weighted by molar-refractivity contribution is 5.87. The Morgan fingerprint density at radius 1 is 1.04 bits per heavy atom. The zero-order valence-corrected chi connectivity index (χ0v) is 16.1. The molecule has 5 rings (SSSR count). The molecule has 0 radical (unpaired) electrons. The largest absolute Gasteiger partial charge is 0.353 e. The van der Waals surface area contributed by atoms with E-state index in [9.17, 15) is 0 Å². The van der Waals surface area contributed by atoms with Crippen molar-refractivity contribution < 1.29 is 0 Å². The summed E-state index contributed by atoms with van der Waals surface area (Å²) >= 11 is 0. The normalized spacial score (nSPS) is 18.4. The third kappa shape index (κ3) is 3.18. The number of rotatable bonds is 4. The minimum Gasteiger partial charge on any atom is -0.353 e. The molecule has 0 unspecified atom stereocenters. The molecule has 1 saturated carbocycles. The van der Waals surface area contributed by atoms with Crippen LogP contribution in [0.5, 0.6) is 0 Å². The van der Waals surface area contributed by atoms with E-state index in [1.165, 1.54) is 18.4 Å². The van der Waals surface area contributed by atoms with Crippen LogP contribution in [0.25, 0.3) is 11.0 Å². The van der Waals surface area contributed by atoms with E-state index in [1.54, 1.807) is 5.56 Å². The van der Waals surface area contributed by atoms with Gasteiger partial charge >= 0.3 is 0 Å². The Bertz CT molecular complexity index is 966. The summed E-state index contributed by atoms with van der Waals surface area (Å²) in [6, 6.07) is 9.00. The van der Waals surface area contributed by atoms with Crippen LogP contribution < -0.4 is 4.90 Å². The Balaban J connectivity index is 1.31. The summed E-state index contributed by atoms with van der Waals surface area (Å²) in [5.41, 5.74) is 4.00. The molecule has 3 aromatic rings. The molecular weight excluding hydrogens is 336 g/mol. The summed E-state index contributed by atoms with van der Waals surface area (Å²) in [5, 5.41) is 5.42. The van der Waals surface area contributed by atoms with Gasteiger partial charge in [-0.25, -0.2) is 9.97 Å². The van der Waals surface area contributed by atoms with Gasteiger partial charge in [0.15, 0.2) is 5.65 Å². The average Bonchev–Trinajstić information content (AvgIpc) is 3.46. The predicted octanol–water partition coefficient (Wildman–Crippen LogP) is 2.87. The first-order valence-corrected chi connectivity index (χ1v) is 9.90. The number of piperazine rings is 1. The topological polar surface area (TPSA) is 50.1 Å². The van der Waals surface area contributed by atoms with E-state index >= 15 is 0 Å². The molecule has 3 heterocycles. The van der Waals surface area contributed by atoms with Gasteiger partial charge in [-0.3, -0.25) is 9.58 Å². The average molecular weight is 362 g/mol. The molecule has 1 aliphatic heterocycles. The molecule has 1 aromatic carbocycles. The summed E-state index contributed by atoms with van der Waals surface area (Å²) in [6.45, 7) is 7.12. The molecule has 6 nitrogen and oxygen atoms in total. The van der Waals surface area contributed by atoms with Gasteiger partial charge in [0.2, 0.25) is 0 Å². The predicted molar refractivity (Wildman–Crippen MR) is 107 cm³/mol. The van der Waals surface area contributed by atoms with Crippen LogP contribution in [0.1, 0.15) is 35.7 Å². The lowest BCUT2D eigenvalue weighted by Crippen LogP contribution is -2.46. The lowest BCUT2D eigenvalue weighted by atomic mass is 10.0. The lowest BCUT2D eigenvalue weighted by Gasteiger charge is -2.36. The second kappa shape index (κ2) is 6.60. The zero-order chi connectivity index (χ0) is 18.4. The van der Waals surface area contributed by atoms with Gasteiger partial charge in [-0.05, 0) is 36.8 Å². The van der Waals surface area contributed by atoms with Gasteiger partial charge in [0.1, 0.15) is 11.6 Å². The molecule has 140 valence electrons. The van der Waals surface area contributed by atoms with Crippen LogP contribution in [0.3, 0.4) is 0 Å². The van der Waals surface area contributed by atoms with Crippen LogP contribution >= 0.6 is 0 Å². The van der Waals surface area contributed by atoms with Crippen LogP contribution in [0, 0.1) is 6.92 Å². The Morgan fingerprint density at radius 3 is 2.59 bits per heavy atom. The maximum Gasteiger partial charge on any atom is 0.163 e. The van der Waals surface area contributed by atoms with Crippen molar-refractivity contribution in [3.8, 4) is 0 Å². The molecule has 0 bridgehead atoms. The molecular formula is C21H26N6. The van der Waals surface area contributed by atoms with Gasteiger partial charge in [0.25, 0.3) is 0 Å². The summed E-state index contributed by atoms with van der Waals surface area (Å²) in [4.78, 5) is 14.2. The van der Waals surface area contributed by atoms with Crippen molar-refractivity contribution in [3.05, 3.63) is 47.4 Å². The number of anilines is 1. The van der Waals surface area contributed by atoms with Gasteiger partial charge in [0.05, 0.1) is 11.6 Å². The molecule has 0 atom stereocenters. The maximum absolute atomic E-state index is 4.74. The number of hydrogen-bond acceptors (Lipinski definition) is 5. The number of nitrogens with zero attached hydrogens (tertiary/aromatic N) is 6. The zero-order valence-electron chi connectivity index (χ0n) is 16.1. The van der Waals surface area contributed by atoms with Gasteiger partial charge in [-0.1, -0.05) is 24.3 Å². The van der Waals surface area contributed by atoms with Crippen LogP contribution in [-0.2, 0) is 13.6 Å². The van der Waals surface area contributed by atoms with E-state index in [1.807, 2.05) is 24.9 Å². The van der Waals surface area contributed by atoms with Crippen molar-refractivity contribution in [2.75, 3.05) is 31.1 Å². The number of aromatic nitrogens is 4. The quantitative estimate of drug-likeness (QED) is 0.714. The highest BCUT2D eigenvalue weighted by Crippen LogP contribution is 2.41. The molecule has 1 saturated heterocycles. The first-order chi connectivity index (χ1) is 13.2. The van der Waals surface area contributed by atoms with E-state index < -0.39 is 0 Å². The third-order valence-corrected chi connectivity index (χ3v) is 5.82. The highest BCUT2D eigenvalue weighted by Gasteiger charge is 2.27. The van der Waals surface area contributed by atoms with Crippen LogP contribution in [0.2, 0.25) is 0 Å². The van der Waals surface area contributed by atoms with Crippen molar-refractivity contribution in [2.24, 2.45) is 7.05 Å². The van der Waals surface area contributed by atoms with Crippen molar-refractivity contribution in [2.45, 2.75) is 32.2 Å². The molecule has 1 aliphatic carbocycles. The van der Waals surface area contributed by atoms with Gasteiger partial charge < -0.3 is 4.90 Å². The molecule has 0 spiro atoms. The van der Waals surface area contributed by atoms with E-state index in [0.717, 1.165) is 61.3 Å². The Kier molecular flexibility index (Phi) is 4.08. The minimum absolute atomic E-state index is 0.807. The lowest BCUT2D eigenvalue weighted by molar-refractivity contribution is 0.249. The van der Waals surface area contributed by atoms with E-state index in [2.05, 4.69) is 44.1 Å². The maximum atomic E-state index is 4.74. The number of fused-ring (bicyclic) bond motifs is 1. The first-order valence-electron chi connectivity index (χ1n) is 9.90. The minimum atomic E-state index is 0.807. The number of hydrogen-bond donors (Lipinski definition) is 0. The third-order valence-electron chi connectivity index (χ3n) is 5.82. The van der Waals surface area contributed by atoms with Gasteiger partial charge in [-0.15, -0.1) is 0 Å². The summed E-state index contributed by atoms with van der Waals surface area (Å²) < 4.78 is 1.83. The first kappa shape index (κ1) is 16.7. The Morgan fingerprint density at radius 2 is 1.81 bits per heavy atom. The van der Waals surface area contributed by atoms with Crippen LogP contribution in [0.15, 0.2) is 30.5 Å². The smallest absolute Gasteiger partial charge is 0.163 e. The summed E-state index contributed by atoms with van der Waals surface area (Å²) in [5.74, 6) is 2.65. The summed E-state index contributed by atoms with van der Waals surface area (Å²) in [6.07, 6.45) is 4.61. The highest BCUT2D eigenvalue weighted by atomic mass is 15.3. The van der Waals surface area contributed by atoms with E-state index in [-0.39, 0.29) is 0 Å². The van der Waals surface area contributed by atoms with Crippen molar-refractivity contribution in [3.63, 3.8) is 0 Å². The molecule has 0 amide bonds. The fraction of sp³-hybridized carbons (Fsp3) is 0.476. The van der Waals surface area contributed by atoms with Gasteiger partial charge in [-0.2, -0.15) is 5.10 Å². The Labute approximate surface area is 159 Å². The fourth-order valence-electron chi connectivity index (χ4n) is 4.18. The fourth-order valence-corrected chi connectivity index (χ4v) is 4.18. The molecule has 27 heavy (non-hydrogen) atoms. The van der Waals surface area contributed by atoms with E-state index in [4.69, 9.17) is 4.98 Å². The second-order valence-electron chi connectivity index (χ2n) is 7.84. The molecule has 2 fully saturated rings. The number of benzene rings is 1. The van der Waals surface area contributed by atoms with Crippen LogP contribution in [-0.4, -0.2) is 50.8 Å². The van der Waals surface area contributed by atoms with Crippen LogP contribution in [0.4, 0.5) is 5.82 Å². The van der Waals surface area contributed by atoms with Crippen molar-refractivity contribution in [1.29, 1.82) is 0 Å².